The second-order valence-electron chi connectivity index (χ2n) is 6.34. The predicted molar refractivity (Wildman–Crippen MR) is 86.7 cm³/mol. The Morgan fingerprint density at radius 3 is 2.20 bits per heavy atom. The summed E-state index contributed by atoms with van der Waals surface area (Å²) in [6.07, 6.45) is 6.97. The third-order valence-electron chi connectivity index (χ3n) is 4.85. The summed E-state index contributed by atoms with van der Waals surface area (Å²) in [6, 6.07) is 9.83. The van der Waals surface area contributed by atoms with Crippen LogP contribution in [0.25, 0.3) is 0 Å². The first-order valence-corrected chi connectivity index (χ1v) is 8.15. The van der Waals surface area contributed by atoms with E-state index in [1.165, 1.54) is 43.2 Å². The van der Waals surface area contributed by atoms with E-state index in [1.54, 1.807) is 0 Å². The van der Waals surface area contributed by atoms with Crippen molar-refractivity contribution in [1.82, 2.24) is 10.2 Å². The van der Waals surface area contributed by atoms with Gasteiger partial charge in [0.15, 0.2) is 0 Å². The summed E-state index contributed by atoms with van der Waals surface area (Å²) in [4.78, 5) is 2.55. The van der Waals surface area contributed by atoms with E-state index in [0.29, 0.717) is 0 Å². The zero-order valence-electron chi connectivity index (χ0n) is 13.4. The van der Waals surface area contributed by atoms with Crippen molar-refractivity contribution in [3.8, 4) is 0 Å². The molecule has 1 aliphatic carbocycles. The summed E-state index contributed by atoms with van der Waals surface area (Å²) in [5, 5.41) is 3.20. The molecule has 0 radical (unpaired) electrons. The van der Waals surface area contributed by atoms with Crippen molar-refractivity contribution in [2.75, 3.05) is 14.1 Å². The molecule has 0 amide bonds. The molecule has 1 aromatic carbocycles. The van der Waals surface area contributed by atoms with E-state index >= 15 is 0 Å². The van der Waals surface area contributed by atoms with Crippen LogP contribution < -0.4 is 5.32 Å². The molecule has 0 saturated heterocycles. The molecule has 2 heteroatoms. The van der Waals surface area contributed by atoms with Crippen LogP contribution in [0.2, 0.25) is 0 Å². The third-order valence-corrected chi connectivity index (χ3v) is 4.85. The molecule has 2 rings (SSSR count). The van der Waals surface area contributed by atoms with Gasteiger partial charge in [-0.25, -0.2) is 0 Å². The summed E-state index contributed by atoms with van der Waals surface area (Å²) in [5.41, 5.74) is 2.80. The summed E-state index contributed by atoms with van der Waals surface area (Å²) in [6.45, 7) is 4.37. The van der Waals surface area contributed by atoms with Crippen molar-refractivity contribution < 1.29 is 0 Å². The zero-order valence-corrected chi connectivity index (χ0v) is 13.4. The van der Waals surface area contributed by atoms with Crippen LogP contribution >= 0.6 is 0 Å². The molecule has 1 aliphatic rings. The standard InChI is InChI=1S/C18H30N2/c1-4-15-9-11-18(12-10-15)20(3)14-17-7-5-16(6-8-17)13-19-2/h5-8,15,18-19H,4,9-14H2,1-3H3. The molecule has 1 aromatic rings. The van der Waals surface area contributed by atoms with Gasteiger partial charge >= 0.3 is 0 Å². The van der Waals surface area contributed by atoms with Gasteiger partial charge in [-0.3, -0.25) is 4.90 Å². The normalized spacial score (nSPS) is 23.2. The van der Waals surface area contributed by atoms with Gasteiger partial charge in [0.25, 0.3) is 0 Å². The fourth-order valence-corrected chi connectivity index (χ4v) is 3.38. The number of hydrogen-bond donors (Lipinski definition) is 1. The summed E-state index contributed by atoms with van der Waals surface area (Å²) < 4.78 is 0. The average molecular weight is 274 g/mol. The zero-order chi connectivity index (χ0) is 14.4. The third kappa shape index (κ3) is 4.32. The number of nitrogens with zero attached hydrogens (tertiary/aromatic N) is 1. The molecule has 112 valence electrons. The Kier molecular flexibility index (Phi) is 6.06. The Bertz CT molecular complexity index is 377. The lowest BCUT2D eigenvalue weighted by Gasteiger charge is -2.34. The largest absolute Gasteiger partial charge is 0.316 e. The highest BCUT2D eigenvalue weighted by atomic mass is 15.1. The smallest absolute Gasteiger partial charge is 0.0233 e. The number of nitrogens with one attached hydrogen (secondary N) is 1. The maximum absolute atomic E-state index is 3.20. The Morgan fingerprint density at radius 1 is 1.05 bits per heavy atom. The first kappa shape index (κ1) is 15.5. The SMILES string of the molecule is CCC1CCC(N(C)Cc2ccc(CNC)cc2)CC1. The van der Waals surface area contributed by atoms with Crippen molar-refractivity contribution in [1.29, 1.82) is 0 Å². The summed E-state index contributed by atoms with van der Waals surface area (Å²) >= 11 is 0. The molecule has 1 saturated carbocycles. The summed E-state index contributed by atoms with van der Waals surface area (Å²) in [5.74, 6) is 0.987. The van der Waals surface area contributed by atoms with Crippen LogP contribution in [-0.2, 0) is 13.1 Å². The maximum atomic E-state index is 3.20. The van der Waals surface area contributed by atoms with Crippen LogP contribution in [0, 0.1) is 5.92 Å². The van der Waals surface area contributed by atoms with Crippen molar-refractivity contribution in [2.45, 2.75) is 58.2 Å². The summed E-state index contributed by atoms with van der Waals surface area (Å²) in [7, 11) is 4.28. The Labute approximate surface area is 124 Å². The number of hydrogen-bond acceptors (Lipinski definition) is 2. The van der Waals surface area contributed by atoms with Gasteiger partial charge in [0.2, 0.25) is 0 Å². The van der Waals surface area contributed by atoms with Crippen molar-refractivity contribution in [3.05, 3.63) is 35.4 Å². The molecule has 0 heterocycles. The van der Waals surface area contributed by atoms with Crippen molar-refractivity contribution >= 4 is 0 Å². The molecule has 0 atom stereocenters. The molecule has 0 bridgehead atoms. The van der Waals surface area contributed by atoms with E-state index in [0.717, 1.165) is 25.0 Å². The van der Waals surface area contributed by atoms with Gasteiger partial charge in [-0.2, -0.15) is 0 Å². The highest BCUT2D eigenvalue weighted by molar-refractivity contribution is 5.22. The van der Waals surface area contributed by atoms with Crippen molar-refractivity contribution in [2.24, 2.45) is 5.92 Å². The minimum Gasteiger partial charge on any atom is -0.316 e. The van der Waals surface area contributed by atoms with E-state index in [2.05, 4.69) is 48.5 Å². The van der Waals surface area contributed by atoms with Gasteiger partial charge in [-0.15, -0.1) is 0 Å². The molecule has 2 nitrogen and oxygen atoms in total. The second-order valence-corrected chi connectivity index (χ2v) is 6.34. The number of rotatable bonds is 6. The fourth-order valence-electron chi connectivity index (χ4n) is 3.38. The van der Waals surface area contributed by atoms with E-state index in [9.17, 15) is 0 Å². The quantitative estimate of drug-likeness (QED) is 0.848. The Morgan fingerprint density at radius 2 is 1.65 bits per heavy atom. The highest BCUT2D eigenvalue weighted by Gasteiger charge is 2.22. The van der Waals surface area contributed by atoms with Gasteiger partial charge in [-0.05, 0) is 56.8 Å². The molecule has 0 aromatic heterocycles. The lowest BCUT2D eigenvalue weighted by atomic mass is 9.84. The first-order chi connectivity index (χ1) is 9.72. The van der Waals surface area contributed by atoms with Gasteiger partial charge in [0, 0.05) is 19.1 Å². The fraction of sp³-hybridized carbons (Fsp3) is 0.667. The molecule has 1 N–H and O–H groups in total. The van der Waals surface area contributed by atoms with Gasteiger partial charge in [0.1, 0.15) is 0 Å². The van der Waals surface area contributed by atoms with Crippen LogP contribution in [0.1, 0.15) is 50.2 Å². The first-order valence-electron chi connectivity index (χ1n) is 8.15. The van der Waals surface area contributed by atoms with Gasteiger partial charge in [0.05, 0.1) is 0 Å². The maximum Gasteiger partial charge on any atom is 0.0233 e. The molecule has 0 aliphatic heterocycles. The van der Waals surface area contributed by atoms with Crippen LogP contribution in [0.15, 0.2) is 24.3 Å². The molecule has 0 unspecified atom stereocenters. The lowest BCUT2D eigenvalue weighted by Crippen LogP contribution is -2.34. The monoisotopic (exact) mass is 274 g/mol. The van der Waals surface area contributed by atoms with Gasteiger partial charge < -0.3 is 5.32 Å². The lowest BCUT2D eigenvalue weighted by molar-refractivity contribution is 0.157. The van der Waals surface area contributed by atoms with E-state index in [-0.39, 0.29) is 0 Å². The van der Waals surface area contributed by atoms with Crippen LogP contribution in [0.4, 0.5) is 0 Å². The minimum atomic E-state index is 0.787. The van der Waals surface area contributed by atoms with Gasteiger partial charge in [-0.1, -0.05) is 37.6 Å². The second kappa shape index (κ2) is 7.80. The number of benzene rings is 1. The van der Waals surface area contributed by atoms with Crippen LogP contribution in [0.3, 0.4) is 0 Å². The van der Waals surface area contributed by atoms with Crippen LogP contribution in [0.5, 0.6) is 0 Å². The van der Waals surface area contributed by atoms with E-state index < -0.39 is 0 Å². The highest BCUT2D eigenvalue weighted by Crippen LogP contribution is 2.29. The molecule has 0 spiro atoms. The van der Waals surface area contributed by atoms with E-state index in [1.807, 2.05) is 7.05 Å². The molecule has 1 fully saturated rings. The minimum absolute atomic E-state index is 0.787. The van der Waals surface area contributed by atoms with Crippen molar-refractivity contribution in [3.63, 3.8) is 0 Å². The molecular weight excluding hydrogens is 244 g/mol. The predicted octanol–water partition coefficient (Wildman–Crippen LogP) is 3.81. The van der Waals surface area contributed by atoms with E-state index in [4.69, 9.17) is 0 Å². The van der Waals surface area contributed by atoms with Crippen LogP contribution in [-0.4, -0.2) is 25.0 Å². The molecular formula is C18H30N2. The average Bonchev–Trinajstić information content (AvgIpc) is 2.49. The topological polar surface area (TPSA) is 15.3 Å². The Balaban J connectivity index is 1.83. The molecule has 20 heavy (non-hydrogen) atoms. The Hall–Kier alpha value is -0.860.